The minimum absolute atomic E-state index is 0.00562. The first kappa shape index (κ1) is 31.1. The van der Waals surface area contributed by atoms with Crippen LogP contribution in [0.3, 0.4) is 0 Å². The Morgan fingerprint density at radius 2 is 1.73 bits per heavy atom. The molecule has 242 valence electrons. The summed E-state index contributed by atoms with van der Waals surface area (Å²) in [6.45, 7) is 17.2. The number of fused-ring (bicyclic) bond motifs is 8. The number of aromatic nitrogens is 2. The van der Waals surface area contributed by atoms with E-state index in [2.05, 4.69) is 78.8 Å². The van der Waals surface area contributed by atoms with E-state index in [1.165, 1.54) is 5.56 Å². The van der Waals surface area contributed by atoms with E-state index in [9.17, 15) is 9.90 Å². The molecule has 0 unspecified atom stereocenters. The van der Waals surface area contributed by atoms with Gasteiger partial charge in [-0.1, -0.05) is 83.0 Å². The summed E-state index contributed by atoms with van der Waals surface area (Å²) in [5.41, 5.74) is 5.37. The van der Waals surface area contributed by atoms with Gasteiger partial charge in [0.05, 0.1) is 23.4 Å². The van der Waals surface area contributed by atoms with Gasteiger partial charge < -0.3 is 9.84 Å². The normalized spacial score (nSPS) is 41.3. The molecule has 0 bridgehead atoms. The minimum atomic E-state index is -0.441. The predicted octanol–water partition coefficient (Wildman–Crippen LogP) is 8.32. The molecule has 0 saturated heterocycles. The van der Waals surface area contributed by atoms with Gasteiger partial charge in [-0.3, -0.25) is 14.8 Å². The zero-order valence-corrected chi connectivity index (χ0v) is 28.7. The summed E-state index contributed by atoms with van der Waals surface area (Å²) in [4.78, 5) is 24.0. The van der Waals surface area contributed by atoms with Crippen molar-refractivity contribution in [2.75, 3.05) is 6.61 Å². The Morgan fingerprint density at radius 1 is 0.978 bits per heavy atom. The first-order chi connectivity index (χ1) is 21.2. The molecule has 5 aliphatic rings. The predicted molar refractivity (Wildman–Crippen MR) is 177 cm³/mol. The second kappa shape index (κ2) is 10.2. The molecule has 2 aromatic rings. The average molecular weight is 611 g/mol. The zero-order chi connectivity index (χ0) is 32.0. The Balaban J connectivity index is 1.26. The molecule has 3 fully saturated rings. The van der Waals surface area contributed by atoms with Gasteiger partial charge in [-0.2, -0.15) is 0 Å². The number of esters is 1. The minimum Gasteiger partial charge on any atom is -0.460 e. The number of carbonyl (C=O) groups is 1. The summed E-state index contributed by atoms with van der Waals surface area (Å²) in [6.07, 6.45) is 15.3. The molecule has 1 heterocycles. The van der Waals surface area contributed by atoms with Crippen LogP contribution in [0, 0.1) is 51.8 Å². The maximum Gasteiger partial charge on any atom is 0.313 e. The molecule has 8 atom stereocenters. The van der Waals surface area contributed by atoms with Crippen molar-refractivity contribution < 1.29 is 14.6 Å². The molecule has 0 spiro atoms. The maximum absolute atomic E-state index is 14.3. The van der Waals surface area contributed by atoms with E-state index >= 15 is 0 Å². The number of allylic oxidation sites excluding steroid dienone is 2. The SMILES string of the molecule is Cc1cccc(COC(=O)[C@]23CCC(C)(C)C[C@H]2C2=CC[C@@H]4[C@@]5(C)Cc6nccnc6[C@@](C)(CO)[C@@H]5CC[C@@]4(C)[C@]2(C)CC3)c1. The molecule has 0 amide bonds. The highest BCUT2D eigenvalue weighted by molar-refractivity contribution is 5.79. The Morgan fingerprint density at radius 3 is 2.49 bits per heavy atom. The summed E-state index contributed by atoms with van der Waals surface area (Å²) in [5.74, 6) is 1.06. The fraction of sp³-hybridized carbons (Fsp3) is 0.675. The highest BCUT2D eigenvalue weighted by atomic mass is 16.5. The topological polar surface area (TPSA) is 72.3 Å². The number of aliphatic hydroxyl groups excluding tert-OH is 1. The van der Waals surface area contributed by atoms with Crippen LogP contribution in [-0.2, 0) is 28.0 Å². The molecule has 1 N–H and O–H groups in total. The molecular formula is C40H54N2O3. The monoisotopic (exact) mass is 610 g/mol. The van der Waals surface area contributed by atoms with Crippen LogP contribution in [0.2, 0.25) is 0 Å². The third-order valence-electron chi connectivity index (χ3n) is 14.7. The van der Waals surface area contributed by atoms with Crippen LogP contribution >= 0.6 is 0 Å². The Kier molecular flexibility index (Phi) is 7.07. The van der Waals surface area contributed by atoms with Crippen LogP contribution in [0.15, 0.2) is 48.3 Å². The molecule has 5 nitrogen and oxygen atoms in total. The van der Waals surface area contributed by atoms with Gasteiger partial charge >= 0.3 is 5.97 Å². The van der Waals surface area contributed by atoms with Crippen molar-refractivity contribution >= 4 is 5.97 Å². The Bertz CT molecular complexity index is 1550. The van der Waals surface area contributed by atoms with Gasteiger partial charge in [0.1, 0.15) is 6.61 Å². The fourth-order valence-corrected chi connectivity index (χ4v) is 12.0. The number of benzene rings is 1. The van der Waals surface area contributed by atoms with Crippen LogP contribution < -0.4 is 0 Å². The highest BCUT2D eigenvalue weighted by Gasteiger charge is 2.69. The van der Waals surface area contributed by atoms with Gasteiger partial charge in [0, 0.05) is 17.8 Å². The van der Waals surface area contributed by atoms with Crippen molar-refractivity contribution in [2.24, 2.45) is 44.8 Å². The van der Waals surface area contributed by atoms with E-state index in [-0.39, 0.29) is 45.6 Å². The number of nitrogens with zero attached hydrogens (tertiary/aromatic N) is 2. The lowest BCUT2D eigenvalue weighted by atomic mass is 9.33. The Hall–Kier alpha value is -2.53. The number of hydrogen-bond donors (Lipinski definition) is 1. The van der Waals surface area contributed by atoms with Crippen molar-refractivity contribution in [3.63, 3.8) is 0 Å². The van der Waals surface area contributed by atoms with Crippen LogP contribution in [0.25, 0.3) is 0 Å². The second-order valence-electron chi connectivity index (χ2n) is 17.5. The quantitative estimate of drug-likeness (QED) is 0.278. The molecule has 1 aromatic heterocycles. The number of rotatable bonds is 4. The third kappa shape index (κ3) is 4.31. The maximum atomic E-state index is 14.3. The van der Waals surface area contributed by atoms with E-state index in [0.717, 1.165) is 74.7 Å². The van der Waals surface area contributed by atoms with E-state index in [1.807, 2.05) is 6.20 Å². The standard InChI is InChI=1S/C40H54N2O3/c1-26-9-8-10-27(21-26)24-45-34(44)40-17-15-35(2,3)22-29(40)28-11-12-32-36(4)23-30-33(42-20-19-41-30)37(5,25-43)31(36)13-14-39(32,7)38(28,6)16-18-40/h8-11,19-21,29,31-32,43H,12-18,22-25H2,1-7H3/t29-,31+,32+,36-,37-,38+,39+,40-/m0/s1. The molecule has 3 saturated carbocycles. The van der Waals surface area contributed by atoms with Gasteiger partial charge in [-0.25, -0.2) is 0 Å². The molecule has 1 aromatic carbocycles. The third-order valence-corrected chi connectivity index (χ3v) is 14.7. The molecule has 5 aliphatic carbocycles. The van der Waals surface area contributed by atoms with Crippen LogP contribution in [0.1, 0.15) is 115 Å². The number of hydrogen-bond acceptors (Lipinski definition) is 5. The molecule has 7 rings (SSSR count). The molecular weight excluding hydrogens is 556 g/mol. The smallest absolute Gasteiger partial charge is 0.313 e. The van der Waals surface area contributed by atoms with Crippen LogP contribution in [0.4, 0.5) is 0 Å². The Labute approximate surface area is 270 Å². The zero-order valence-electron chi connectivity index (χ0n) is 28.7. The first-order valence-electron chi connectivity index (χ1n) is 17.6. The second-order valence-corrected chi connectivity index (χ2v) is 17.5. The summed E-state index contributed by atoms with van der Waals surface area (Å²) in [7, 11) is 0. The first-order valence-corrected chi connectivity index (χ1v) is 17.6. The van der Waals surface area contributed by atoms with Crippen molar-refractivity contribution in [1.29, 1.82) is 0 Å². The lowest BCUT2D eigenvalue weighted by Crippen LogP contribution is -2.65. The van der Waals surface area contributed by atoms with E-state index < -0.39 is 5.41 Å². The van der Waals surface area contributed by atoms with E-state index in [1.54, 1.807) is 11.8 Å². The van der Waals surface area contributed by atoms with Crippen molar-refractivity contribution in [3.05, 3.63) is 70.8 Å². The van der Waals surface area contributed by atoms with Gasteiger partial charge in [0.2, 0.25) is 0 Å². The van der Waals surface area contributed by atoms with Crippen molar-refractivity contribution in [1.82, 2.24) is 9.97 Å². The van der Waals surface area contributed by atoms with Crippen molar-refractivity contribution in [3.8, 4) is 0 Å². The number of aryl methyl sites for hydroxylation is 1. The lowest BCUT2D eigenvalue weighted by molar-refractivity contribution is -0.184. The number of aliphatic hydroxyl groups is 1. The largest absolute Gasteiger partial charge is 0.460 e. The van der Waals surface area contributed by atoms with Gasteiger partial charge in [0.25, 0.3) is 0 Å². The summed E-state index contributed by atoms with van der Waals surface area (Å²) in [6, 6.07) is 8.33. The van der Waals surface area contributed by atoms with Gasteiger partial charge in [-0.05, 0) is 110 Å². The summed E-state index contributed by atoms with van der Waals surface area (Å²) < 4.78 is 6.25. The number of carbonyl (C=O) groups excluding carboxylic acids is 1. The highest BCUT2D eigenvalue weighted by Crippen LogP contribution is 2.75. The fourth-order valence-electron chi connectivity index (χ4n) is 12.0. The average Bonchev–Trinajstić information content (AvgIpc) is 3.00. The summed E-state index contributed by atoms with van der Waals surface area (Å²) in [5, 5.41) is 10.9. The van der Waals surface area contributed by atoms with Crippen molar-refractivity contribution in [2.45, 2.75) is 118 Å². The summed E-state index contributed by atoms with van der Waals surface area (Å²) >= 11 is 0. The van der Waals surface area contributed by atoms with Crippen LogP contribution in [0.5, 0.6) is 0 Å². The molecule has 5 heteroatoms. The molecule has 45 heavy (non-hydrogen) atoms. The lowest BCUT2D eigenvalue weighted by Gasteiger charge is -2.70. The van der Waals surface area contributed by atoms with Gasteiger partial charge in [0.15, 0.2) is 0 Å². The van der Waals surface area contributed by atoms with Gasteiger partial charge in [-0.15, -0.1) is 0 Å². The van der Waals surface area contributed by atoms with Crippen LogP contribution in [-0.4, -0.2) is 27.7 Å². The molecule has 0 aliphatic heterocycles. The number of ether oxygens (including phenoxy) is 1. The molecule has 0 radical (unpaired) electrons. The van der Waals surface area contributed by atoms with E-state index in [0.29, 0.717) is 18.4 Å². The van der Waals surface area contributed by atoms with E-state index in [4.69, 9.17) is 14.7 Å².